The minimum absolute atomic E-state index is 0.133. The zero-order chi connectivity index (χ0) is 20.1. The van der Waals surface area contributed by atoms with E-state index in [1.807, 2.05) is 35.0 Å². The third-order valence-electron chi connectivity index (χ3n) is 4.34. The fraction of sp³-hybridized carbons (Fsp3) is 0.273. The number of aromatic nitrogens is 2. The average Bonchev–Trinajstić information content (AvgIpc) is 3.07. The van der Waals surface area contributed by atoms with Gasteiger partial charge in [-0.1, -0.05) is 37.6 Å². The zero-order valence-electron chi connectivity index (χ0n) is 16.0. The van der Waals surface area contributed by atoms with Gasteiger partial charge in [0.25, 0.3) is 5.91 Å². The number of benzene rings is 2. The minimum atomic E-state index is -0.357. The lowest BCUT2D eigenvalue weighted by Crippen LogP contribution is -2.34. The molecule has 0 fully saturated rings. The van der Waals surface area contributed by atoms with Gasteiger partial charge in [-0.3, -0.25) is 4.79 Å². The van der Waals surface area contributed by atoms with Crippen LogP contribution in [0, 0.1) is 11.7 Å². The summed E-state index contributed by atoms with van der Waals surface area (Å²) < 4.78 is 15.2. The lowest BCUT2D eigenvalue weighted by Gasteiger charge is -2.25. The highest BCUT2D eigenvalue weighted by atomic mass is 35.5. The summed E-state index contributed by atoms with van der Waals surface area (Å²) in [6.45, 7) is 5.70. The lowest BCUT2D eigenvalue weighted by molar-refractivity contribution is 0.0716. The molecule has 1 aromatic heterocycles. The molecule has 0 N–H and O–H groups in total. The van der Waals surface area contributed by atoms with Crippen LogP contribution in [0.25, 0.3) is 0 Å². The molecule has 28 heavy (non-hydrogen) atoms. The van der Waals surface area contributed by atoms with Crippen molar-refractivity contribution in [2.24, 2.45) is 5.92 Å². The molecule has 0 radical (unpaired) electrons. The molecule has 0 unspecified atom stereocenters. The average molecular weight is 400 g/mol. The first kappa shape index (κ1) is 20.1. The molecular weight excluding hydrogens is 377 g/mol. The summed E-state index contributed by atoms with van der Waals surface area (Å²) in [5.41, 5.74) is 1.53. The summed E-state index contributed by atoms with van der Waals surface area (Å²) >= 11 is 6.08. The van der Waals surface area contributed by atoms with Crippen molar-refractivity contribution in [3.63, 3.8) is 0 Å². The second-order valence-electron chi connectivity index (χ2n) is 7.19. The molecule has 3 aromatic rings. The number of halogens is 2. The molecule has 1 heterocycles. The molecule has 6 heteroatoms. The summed E-state index contributed by atoms with van der Waals surface area (Å²) in [6.07, 6.45) is 3.63. The van der Waals surface area contributed by atoms with Crippen LogP contribution in [0.4, 0.5) is 4.39 Å². The molecule has 2 aromatic carbocycles. The number of imidazole rings is 1. The van der Waals surface area contributed by atoms with Gasteiger partial charge in [0.2, 0.25) is 0 Å². The van der Waals surface area contributed by atoms with Crippen molar-refractivity contribution in [3.05, 3.63) is 88.7 Å². The molecule has 0 aliphatic carbocycles. The second kappa shape index (κ2) is 9.02. The van der Waals surface area contributed by atoms with Crippen LogP contribution in [-0.4, -0.2) is 26.9 Å². The normalized spacial score (nSPS) is 11.0. The molecule has 0 atom stereocenters. The number of hydrogen-bond acceptors (Lipinski definition) is 2. The number of hydrogen-bond donors (Lipinski definition) is 0. The summed E-state index contributed by atoms with van der Waals surface area (Å²) in [5, 5.41) is 0.687. The smallest absolute Gasteiger partial charge is 0.254 e. The van der Waals surface area contributed by atoms with E-state index in [0.717, 1.165) is 11.4 Å². The van der Waals surface area contributed by atoms with E-state index in [0.29, 0.717) is 36.1 Å². The maximum absolute atomic E-state index is 13.2. The Morgan fingerprint density at radius 2 is 1.96 bits per heavy atom. The van der Waals surface area contributed by atoms with E-state index < -0.39 is 0 Å². The Kier molecular flexibility index (Phi) is 6.47. The van der Waals surface area contributed by atoms with Gasteiger partial charge in [0.05, 0.1) is 6.54 Å². The maximum atomic E-state index is 13.2. The van der Waals surface area contributed by atoms with Gasteiger partial charge in [0.1, 0.15) is 11.6 Å². The number of carbonyl (C=O) groups excluding carboxylic acids is 1. The van der Waals surface area contributed by atoms with Crippen LogP contribution >= 0.6 is 11.6 Å². The van der Waals surface area contributed by atoms with Gasteiger partial charge in [-0.2, -0.15) is 0 Å². The van der Waals surface area contributed by atoms with Crippen LogP contribution in [0.2, 0.25) is 5.02 Å². The second-order valence-corrected chi connectivity index (χ2v) is 7.62. The molecule has 0 aliphatic rings. The van der Waals surface area contributed by atoms with Gasteiger partial charge in [0.15, 0.2) is 0 Å². The summed E-state index contributed by atoms with van der Waals surface area (Å²) in [4.78, 5) is 19.2. The first-order valence-electron chi connectivity index (χ1n) is 9.21. The highest BCUT2D eigenvalue weighted by Gasteiger charge is 2.19. The van der Waals surface area contributed by atoms with Crippen LogP contribution in [0.5, 0.6) is 0 Å². The van der Waals surface area contributed by atoms with Gasteiger partial charge in [-0.05, 0) is 47.9 Å². The third-order valence-corrected chi connectivity index (χ3v) is 4.57. The predicted molar refractivity (Wildman–Crippen MR) is 109 cm³/mol. The number of nitrogens with zero attached hydrogens (tertiary/aromatic N) is 3. The molecule has 0 saturated heterocycles. The van der Waals surface area contributed by atoms with E-state index in [1.54, 1.807) is 11.1 Å². The van der Waals surface area contributed by atoms with Crippen molar-refractivity contribution in [3.8, 4) is 0 Å². The number of amides is 1. The SMILES string of the molecule is CC(C)CN(Cc1nccn1Cc1cccc(Cl)c1)C(=O)c1ccc(F)cc1. The van der Waals surface area contributed by atoms with Gasteiger partial charge in [-0.15, -0.1) is 0 Å². The molecule has 0 saturated carbocycles. The summed E-state index contributed by atoms with van der Waals surface area (Å²) in [7, 11) is 0. The van der Waals surface area contributed by atoms with Crippen molar-refractivity contribution in [1.82, 2.24) is 14.5 Å². The van der Waals surface area contributed by atoms with E-state index >= 15 is 0 Å². The topological polar surface area (TPSA) is 38.1 Å². The van der Waals surface area contributed by atoms with E-state index in [4.69, 9.17) is 11.6 Å². The predicted octanol–water partition coefficient (Wildman–Crippen LogP) is 5.02. The Morgan fingerprint density at radius 1 is 1.21 bits per heavy atom. The molecule has 3 rings (SSSR count). The van der Waals surface area contributed by atoms with Crippen LogP contribution in [0.1, 0.15) is 35.6 Å². The van der Waals surface area contributed by atoms with E-state index in [-0.39, 0.29) is 11.7 Å². The van der Waals surface area contributed by atoms with E-state index in [1.165, 1.54) is 24.3 Å². The fourth-order valence-corrected chi connectivity index (χ4v) is 3.29. The van der Waals surface area contributed by atoms with Gasteiger partial charge < -0.3 is 9.47 Å². The van der Waals surface area contributed by atoms with Crippen LogP contribution in [0.15, 0.2) is 60.9 Å². The highest BCUT2D eigenvalue weighted by molar-refractivity contribution is 6.30. The monoisotopic (exact) mass is 399 g/mol. The molecule has 1 amide bonds. The number of rotatable bonds is 7. The number of carbonyl (C=O) groups is 1. The Morgan fingerprint density at radius 3 is 2.64 bits per heavy atom. The highest BCUT2D eigenvalue weighted by Crippen LogP contribution is 2.16. The zero-order valence-corrected chi connectivity index (χ0v) is 16.7. The molecule has 0 aliphatic heterocycles. The van der Waals surface area contributed by atoms with Crippen molar-refractivity contribution in [2.45, 2.75) is 26.9 Å². The largest absolute Gasteiger partial charge is 0.331 e. The standard InChI is InChI=1S/C22H23ClFN3O/c1-16(2)13-27(22(28)18-6-8-20(24)9-7-18)15-21-25-10-11-26(21)14-17-4-3-5-19(23)12-17/h3-12,16H,13-15H2,1-2H3. The maximum Gasteiger partial charge on any atom is 0.254 e. The van der Waals surface area contributed by atoms with Crippen molar-refractivity contribution in [1.29, 1.82) is 0 Å². The van der Waals surface area contributed by atoms with E-state index in [9.17, 15) is 9.18 Å². The van der Waals surface area contributed by atoms with Crippen molar-refractivity contribution < 1.29 is 9.18 Å². The first-order chi connectivity index (χ1) is 13.4. The summed E-state index contributed by atoms with van der Waals surface area (Å²) in [6, 6.07) is 13.3. The van der Waals surface area contributed by atoms with Crippen LogP contribution < -0.4 is 0 Å². The molecular formula is C22H23ClFN3O. The quantitative estimate of drug-likeness (QED) is 0.559. The van der Waals surface area contributed by atoms with Crippen LogP contribution in [0.3, 0.4) is 0 Å². The fourth-order valence-electron chi connectivity index (χ4n) is 3.07. The molecule has 4 nitrogen and oxygen atoms in total. The Bertz CT molecular complexity index is 937. The molecule has 0 spiro atoms. The minimum Gasteiger partial charge on any atom is -0.331 e. The molecule has 0 bridgehead atoms. The van der Waals surface area contributed by atoms with Gasteiger partial charge >= 0.3 is 0 Å². The lowest BCUT2D eigenvalue weighted by atomic mass is 10.1. The third kappa shape index (κ3) is 5.20. The molecule has 146 valence electrons. The Hall–Kier alpha value is -2.66. The Balaban J connectivity index is 1.81. The van der Waals surface area contributed by atoms with Crippen molar-refractivity contribution in [2.75, 3.05) is 6.54 Å². The Labute approximate surface area is 169 Å². The van der Waals surface area contributed by atoms with E-state index in [2.05, 4.69) is 18.8 Å². The first-order valence-corrected chi connectivity index (χ1v) is 9.59. The van der Waals surface area contributed by atoms with Gasteiger partial charge in [0, 0.05) is 36.1 Å². The van der Waals surface area contributed by atoms with Gasteiger partial charge in [-0.25, -0.2) is 9.37 Å². The van der Waals surface area contributed by atoms with Crippen molar-refractivity contribution >= 4 is 17.5 Å². The van der Waals surface area contributed by atoms with Crippen LogP contribution in [-0.2, 0) is 13.1 Å². The summed E-state index contributed by atoms with van der Waals surface area (Å²) in [5.74, 6) is 0.590.